The number of aromatic nitrogens is 21. The molecule has 14 aromatic rings. The molecule has 131 heavy (non-hydrogen) atoms. The van der Waals surface area contributed by atoms with Crippen LogP contribution in [0.25, 0.3) is 77.2 Å². The Balaban J connectivity index is 0.000000189. The Hall–Kier alpha value is -13.7. The van der Waals surface area contributed by atoms with E-state index in [-0.39, 0.29) is 104 Å². The van der Waals surface area contributed by atoms with E-state index >= 15 is 0 Å². The van der Waals surface area contributed by atoms with Crippen molar-refractivity contribution < 1.29 is 38.3 Å². The van der Waals surface area contributed by atoms with Gasteiger partial charge in [-0.05, 0) is 75.8 Å². The van der Waals surface area contributed by atoms with Gasteiger partial charge in [0.1, 0.15) is 67.3 Å². The van der Waals surface area contributed by atoms with Crippen LogP contribution in [0.4, 0.5) is 95.5 Å². The van der Waals surface area contributed by atoms with Crippen LogP contribution in [0.15, 0.2) is 98.0 Å². The minimum Gasteiger partial charge on any atom is -0.495 e. The number of nitrogen functional groups attached to an aromatic ring is 7. The predicted octanol–water partition coefficient (Wildman–Crippen LogP) is 10.3. The molecule has 0 bridgehead atoms. The lowest BCUT2D eigenvalue weighted by Crippen LogP contribution is -2.29. The van der Waals surface area contributed by atoms with Crippen molar-refractivity contribution in [2.24, 2.45) is 11.5 Å². The van der Waals surface area contributed by atoms with Crippen molar-refractivity contribution in [2.75, 3.05) is 131 Å². The van der Waals surface area contributed by atoms with Gasteiger partial charge in [0.15, 0.2) is 40.7 Å². The number of halogens is 4. The first-order valence-electron chi connectivity index (χ1n) is 43.0. The summed E-state index contributed by atoms with van der Waals surface area (Å²) in [7, 11) is 1.57. The van der Waals surface area contributed by atoms with Gasteiger partial charge >= 0.3 is 0 Å². The predicted molar refractivity (Wildman–Crippen MR) is 512 cm³/mol. The Morgan fingerprint density at radius 1 is 0.344 bits per heavy atom. The minimum absolute atomic E-state index is 0.0212. The molecular formula is C85H119ClF3N37O5. The molecule has 702 valence electrons. The molecule has 0 aliphatic rings. The van der Waals surface area contributed by atoms with Gasteiger partial charge in [-0.2, -0.15) is 34.9 Å². The summed E-state index contributed by atoms with van der Waals surface area (Å²) >= 11 is 5.87. The van der Waals surface area contributed by atoms with Gasteiger partial charge in [-0.25, -0.2) is 73.0 Å². The Labute approximate surface area is 759 Å². The molecule has 0 fully saturated rings. The molecule has 0 amide bonds. The van der Waals surface area contributed by atoms with Crippen LogP contribution in [0.5, 0.6) is 5.75 Å². The zero-order valence-corrected chi connectivity index (χ0v) is 75.3. The smallest absolute Gasteiger partial charge is 0.222 e. The average Bonchev–Trinajstić information content (AvgIpc) is 0.872. The van der Waals surface area contributed by atoms with Crippen LogP contribution in [-0.2, 0) is 0 Å². The number of nitrogens with zero attached hydrogens (tertiary/aromatic N) is 21. The minimum atomic E-state index is -0.483. The zero-order chi connectivity index (χ0) is 94.9. The number of aliphatic hydroxyl groups excluding tert-OH is 4. The van der Waals surface area contributed by atoms with Crippen LogP contribution in [0.1, 0.15) is 145 Å². The quantitative estimate of drug-likeness (QED) is 0.0162. The van der Waals surface area contributed by atoms with Gasteiger partial charge in [-0.15, -0.1) is 0 Å². The molecule has 29 N–H and O–H groups in total. The third-order valence-electron chi connectivity index (χ3n) is 19.2. The van der Waals surface area contributed by atoms with Crippen molar-refractivity contribution in [1.29, 1.82) is 0 Å². The molecule has 0 radical (unpaired) electrons. The van der Waals surface area contributed by atoms with Crippen LogP contribution in [0.2, 0.25) is 5.02 Å². The lowest BCUT2D eigenvalue weighted by Gasteiger charge is -2.17. The summed E-state index contributed by atoms with van der Waals surface area (Å²) < 4.78 is 44.6. The number of hydrogen-bond donors (Lipinski definition) is 20. The number of fused-ring (bicyclic) bond motifs is 7. The van der Waals surface area contributed by atoms with Gasteiger partial charge in [0.25, 0.3) is 0 Å². The Kier molecular flexibility index (Phi) is 41.8. The first-order valence-corrected chi connectivity index (χ1v) is 43.4. The average molecular weight is 1830 g/mol. The van der Waals surface area contributed by atoms with Crippen LogP contribution in [-0.4, -0.2) is 215 Å². The lowest BCUT2D eigenvalue weighted by atomic mass is 10.1. The Morgan fingerprint density at radius 3 is 0.985 bits per heavy atom. The van der Waals surface area contributed by atoms with Gasteiger partial charge < -0.3 is 114 Å². The van der Waals surface area contributed by atoms with Crippen molar-refractivity contribution in [3.8, 4) is 5.75 Å². The van der Waals surface area contributed by atoms with Crippen LogP contribution >= 0.6 is 11.6 Å². The molecular weight excluding hydrogens is 1710 g/mol. The highest BCUT2D eigenvalue weighted by atomic mass is 35.5. The number of anilines is 14. The fourth-order valence-electron chi connectivity index (χ4n) is 12.7. The second-order valence-electron chi connectivity index (χ2n) is 29.8. The van der Waals surface area contributed by atoms with Gasteiger partial charge in [-0.1, -0.05) is 111 Å². The molecule has 0 aromatic carbocycles. The monoisotopic (exact) mass is 1830 g/mol. The van der Waals surface area contributed by atoms with E-state index in [4.69, 9.17) is 67.9 Å². The molecule has 0 saturated carbocycles. The van der Waals surface area contributed by atoms with Crippen molar-refractivity contribution in [2.45, 2.75) is 181 Å². The molecule has 46 heteroatoms. The lowest BCUT2D eigenvalue weighted by molar-refractivity contribution is 0.266. The maximum atomic E-state index is 13.2. The summed E-state index contributed by atoms with van der Waals surface area (Å²) in [6.45, 7) is 16.3. The number of nitrogens with one attached hydrogen (secondary N) is 7. The molecule has 0 aliphatic heterocycles. The van der Waals surface area contributed by atoms with Crippen molar-refractivity contribution >= 4 is 171 Å². The first kappa shape index (κ1) is 103. The van der Waals surface area contributed by atoms with E-state index in [0.717, 1.165) is 138 Å². The van der Waals surface area contributed by atoms with Crippen molar-refractivity contribution in [3.63, 3.8) is 0 Å². The normalized spacial score (nSPS) is 12.3. The van der Waals surface area contributed by atoms with E-state index in [2.05, 4.69) is 176 Å². The first-order chi connectivity index (χ1) is 63.2. The third kappa shape index (κ3) is 31.9. The maximum absolute atomic E-state index is 13.2. The Bertz CT molecular complexity index is 5790. The largest absolute Gasteiger partial charge is 0.495 e. The standard InChI is InChI=1S/2C13H18FN5O.C13H20N6.C13H19N5O2.C12H16FN5O.C11H14ClN5.C10H14N6/c2*1-2-3-4-9(7-20)17-12-11-10(18-13(15)19-12)5-8(14)6-16-11;1-2-3-5-9(8-14)17-12-11-10(6-4-7-16-11)18-13(15)19-12;1-3-4-8(7-19)16-12-11-10(17-13(14)18-12)5-9(20-2)6-15-11;1-2-3-8(6-19)16-11-10-9(17-12(14)18-11)4-7(13)5-15-10;1-2-3-4-14-10-9-8(16-11(13)17-10)5-7(12)6-15-9;1-6(5-11)14-9-8-7(3-2-4-13-8)15-10(12)16-9/h2*5-6,9,20H,2-4,7H2,1H3,(H3,15,17,18,19);4,6-7,9H,2-3,5,8,14H2,1H3,(H3,15,17,18,19);5-6,8,19H,3-4,7H2,1-2H3,(H3,14,16,17,18);4-5,8,19H,2-3,6H2,1H3,(H3,14,16,17,18);5-6H,2-4H2,1H3,(H3,13,14,16,17);2-4,6H,5,11H2,1H3,(H3,12,14,15,16)/t3*9-;2*8-;;6-/m10100.0/s1. The number of hydrogen-bond acceptors (Lipinski definition) is 42. The topological polar surface area (TPSA) is 679 Å². The highest BCUT2D eigenvalue weighted by Crippen LogP contribution is 2.29. The van der Waals surface area contributed by atoms with Gasteiger partial charge in [0.2, 0.25) is 41.6 Å². The van der Waals surface area contributed by atoms with E-state index < -0.39 is 17.5 Å². The fourth-order valence-corrected chi connectivity index (χ4v) is 12.8. The number of rotatable bonds is 36. The van der Waals surface area contributed by atoms with Gasteiger partial charge in [-0.3, -0.25) is 9.97 Å². The summed E-state index contributed by atoms with van der Waals surface area (Å²) in [5, 5.41) is 60.1. The summed E-state index contributed by atoms with van der Waals surface area (Å²) in [4.78, 5) is 86.3. The van der Waals surface area contributed by atoms with E-state index in [1.165, 1.54) is 18.2 Å². The second kappa shape index (κ2) is 53.3. The SMILES string of the molecule is CCCCNc1nc(N)nc2cc(Cl)cnc12.CCCC[C@@H](CO)Nc1nc(N)nc2cc(F)cnc12.CCCC[C@H](CN)Nc1nc(N)nc2cccnc12.CCCC[C@H](CO)Nc1nc(N)nc2cc(F)cnc12.CCC[C@@H](CO)Nc1nc(N)nc2cc(F)cnc12.CCC[C@@H](CO)Nc1nc(N)nc2cc(OC)cnc12.C[C@@H](CN)Nc1nc(N)nc2cccnc12. The molecule has 0 saturated heterocycles. The summed E-state index contributed by atoms with van der Waals surface area (Å²) in [5.41, 5.74) is 58.6. The molecule has 14 aromatic heterocycles. The molecule has 6 atom stereocenters. The number of unbranched alkanes of at least 4 members (excludes halogenated alkanes) is 4. The number of ether oxygens (including phenoxy) is 1. The van der Waals surface area contributed by atoms with Crippen molar-refractivity contribution in [3.05, 3.63) is 120 Å². The number of pyridine rings is 7. The Morgan fingerprint density at radius 2 is 0.641 bits per heavy atom. The molecule has 14 rings (SSSR count). The highest BCUT2D eigenvalue weighted by Gasteiger charge is 2.21. The van der Waals surface area contributed by atoms with E-state index in [9.17, 15) is 33.6 Å². The molecule has 0 spiro atoms. The van der Waals surface area contributed by atoms with Gasteiger partial charge in [0.05, 0.1) is 121 Å². The number of aliphatic hydroxyl groups is 4. The van der Waals surface area contributed by atoms with Crippen LogP contribution < -0.4 is 93.6 Å². The molecule has 0 aliphatic carbocycles. The molecule has 0 unspecified atom stereocenters. The summed E-state index contributed by atoms with van der Waals surface area (Å²) in [6.07, 6.45) is 24.5. The summed E-state index contributed by atoms with van der Waals surface area (Å²) in [6, 6.07) is 14.4. The molecule has 42 nitrogen and oxygen atoms in total. The summed E-state index contributed by atoms with van der Waals surface area (Å²) in [5.74, 6) is 3.87. The second-order valence-corrected chi connectivity index (χ2v) is 30.3. The van der Waals surface area contributed by atoms with Crippen LogP contribution in [0.3, 0.4) is 0 Å². The third-order valence-corrected chi connectivity index (χ3v) is 19.4. The van der Waals surface area contributed by atoms with Crippen LogP contribution in [0, 0.1) is 17.5 Å². The highest BCUT2D eigenvalue weighted by molar-refractivity contribution is 6.31. The van der Waals surface area contributed by atoms with E-state index in [1.54, 1.807) is 44.0 Å². The van der Waals surface area contributed by atoms with E-state index in [0.29, 0.717) is 125 Å². The fraction of sp³-hybridized carbons (Fsp3) is 0.424. The van der Waals surface area contributed by atoms with Crippen molar-refractivity contribution in [1.82, 2.24) is 105 Å². The molecule has 14 heterocycles. The van der Waals surface area contributed by atoms with Gasteiger partial charge in [0, 0.05) is 74.6 Å². The number of methoxy groups -OCH3 is 1. The maximum Gasteiger partial charge on any atom is 0.222 e. The number of nitrogens with two attached hydrogens (primary N) is 9. The van der Waals surface area contributed by atoms with E-state index in [1.807, 2.05) is 38.1 Å². The zero-order valence-electron chi connectivity index (χ0n) is 74.6.